The summed E-state index contributed by atoms with van der Waals surface area (Å²) in [7, 11) is 0. The molecular weight excluding hydrogens is 220 g/mol. The summed E-state index contributed by atoms with van der Waals surface area (Å²) >= 11 is 0. The fourth-order valence-corrected chi connectivity index (χ4v) is 2.14. The van der Waals surface area contributed by atoms with Crippen LogP contribution < -0.4 is 5.32 Å². The van der Waals surface area contributed by atoms with Crippen molar-refractivity contribution in [2.75, 3.05) is 6.54 Å². The van der Waals surface area contributed by atoms with Crippen molar-refractivity contribution >= 4 is 12.0 Å². The summed E-state index contributed by atoms with van der Waals surface area (Å²) in [6.45, 7) is 6.27. The first-order valence-electron chi connectivity index (χ1n) is 6.28. The van der Waals surface area contributed by atoms with Crippen molar-refractivity contribution in [3.8, 4) is 0 Å². The van der Waals surface area contributed by atoms with E-state index in [4.69, 9.17) is 5.11 Å². The Hall–Kier alpha value is -1.26. The topological polar surface area (TPSA) is 69.6 Å². The highest BCUT2D eigenvalue weighted by molar-refractivity contribution is 5.76. The second-order valence-corrected chi connectivity index (χ2v) is 4.69. The number of amides is 2. The van der Waals surface area contributed by atoms with E-state index in [1.54, 1.807) is 11.8 Å². The van der Waals surface area contributed by atoms with Gasteiger partial charge in [-0.15, -0.1) is 0 Å². The molecule has 0 saturated heterocycles. The molecule has 3 atom stereocenters. The van der Waals surface area contributed by atoms with Crippen molar-refractivity contribution in [1.29, 1.82) is 0 Å². The van der Waals surface area contributed by atoms with Crippen LogP contribution in [0.25, 0.3) is 0 Å². The van der Waals surface area contributed by atoms with Gasteiger partial charge >= 0.3 is 12.0 Å². The van der Waals surface area contributed by atoms with E-state index in [1.165, 1.54) is 0 Å². The summed E-state index contributed by atoms with van der Waals surface area (Å²) in [4.78, 5) is 24.1. The maximum atomic E-state index is 11.9. The number of carbonyl (C=O) groups is 2. The van der Waals surface area contributed by atoms with Gasteiger partial charge in [-0.05, 0) is 26.2 Å². The van der Waals surface area contributed by atoms with Crippen molar-refractivity contribution in [2.24, 2.45) is 5.92 Å². The Kier molecular flexibility index (Phi) is 4.78. The van der Waals surface area contributed by atoms with Crippen LogP contribution in [0.15, 0.2) is 0 Å². The van der Waals surface area contributed by atoms with E-state index in [0.29, 0.717) is 18.5 Å². The third kappa shape index (κ3) is 3.91. The van der Waals surface area contributed by atoms with Crippen LogP contribution in [0.4, 0.5) is 4.79 Å². The second-order valence-electron chi connectivity index (χ2n) is 4.69. The molecule has 0 aromatic carbocycles. The number of nitrogens with one attached hydrogen (secondary N) is 1. The molecule has 2 amide bonds. The smallest absolute Gasteiger partial charge is 0.317 e. The van der Waals surface area contributed by atoms with Crippen LogP contribution in [0.2, 0.25) is 0 Å². The number of carbonyl (C=O) groups excluding carboxylic acids is 1. The lowest BCUT2D eigenvalue weighted by Crippen LogP contribution is -2.46. The number of urea groups is 1. The number of nitrogens with zero attached hydrogens (tertiary/aromatic N) is 1. The van der Waals surface area contributed by atoms with Crippen LogP contribution in [0.1, 0.15) is 40.0 Å². The number of hydrogen-bond acceptors (Lipinski definition) is 2. The molecule has 0 spiro atoms. The van der Waals surface area contributed by atoms with Crippen LogP contribution in [0.3, 0.4) is 0 Å². The van der Waals surface area contributed by atoms with E-state index in [2.05, 4.69) is 12.2 Å². The van der Waals surface area contributed by atoms with E-state index in [1.807, 2.05) is 6.92 Å². The molecule has 1 aliphatic rings. The first kappa shape index (κ1) is 13.8. The second kappa shape index (κ2) is 5.89. The summed E-state index contributed by atoms with van der Waals surface area (Å²) in [6.07, 6.45) is 2.12. The Labute approximate surface area is 102 Å². The summed E-state index contributed by atoms with van der Waals surface area (Å²) < 4.78 is 0. The zero-order chi connectivity index (χ0) is 13.0. The molecule has 98 valence electrons. The molecule has 5 nitrogen and oxygen atoms in total. The number of hydrogen-bond donors (Lipinski definition) is 2. The van der Waals surface area contributed by atoms with Gasteiger partial charge in [0.1, 0.15) is 0 Å². The summed E-state index contributed by atoms with van der Waals surface area (Å²) in [5.74, 6) is -0.269. The van der Waals surface area contributed by atoms with Gasteiger partial charge in [-0.25, -0.2) is 4.79 Å². The SMILES string of the molecule is CCC1CC1NC(=O)N(CC)C(C)CC(=O)O. The minimum absolute atomic E-state index is 0.0108. The van der Waals surface area contributed by atoms with Crippen molar-refractivity contribution in [3.05, 3.63) is 0 Å². The van der Waals surface area contributed by atoms with Gasteiger partial charge < -0.3 is 15.3 Å². The highest BCUT2D eigenvalue weighted by Crippen LogP contribution is 2.33. The quantitative estimate of drug-likeness (QED) is 0.744. The van der Waals surface area contributed by atoms with Crippen LogP contribution in [-0.4, -0.2) is 40.6 Å². The van der Waals surface area contributed by atoms with Gasteiger partial charge in [-0.2, -0.15) is 0 Å². The number of rotatable bonds is 6. The molecular formula is C12H22N2O3. The van der Waals surface area contributed by atoms with Gasteiger partial charge in [0.2, 0.25) is 0 Å². The normalized spacial score (nSPS) is 23.9. The molecule has 0 aliphatic heterocycles. The van der Waals surface area contributed by atoms with Gasteiger partial charge in [-0.1, -0.05) is 13.3 Å². The Bertz CT molecular complexity index is 293. The largest absolute Gasteiger partial charge is 0.481 e. The highest BCUT2D eigenvalue weighted by Gasteiger charge is 2.37. The highest BCUT2D eigenvalue weighted by atomic mass is 16.4. The molecule has 1 aliphatic carbocycles. The standard InChI is InChI=1S/C12H22N2O3/c1-4-9-7-10(9)13-12(17)14(5-2)8(3)6-11(15)16/h8-10H,4-7H2,1-3H3,(H,13,17)(H,15,16). The molecule has 0 bridgehead atoms. The molecule has 0 aromatic rings. The maximum Gasteiger partial charge on any atom is 0.317 e. The van der Waals surface area contributed by atoms with E-state index in [9.17, 15) is 9.59 Å². The van der Waals surface area contributed by atoms with Crippen LogP contribution in [0, 0.1) is 5.92 Å². The Balaban J connectivity index is 2.43. The monoisotopic (exact) mass is 242 g/mol. The van der Waals surface area contributed by atoms with Gasteiger partial charge in [0.25, 0.3) is 0 Å². The molecule has 1 rings (SSSR count). The minimum atomic E-state index is -0.874. The molecule has 2 N–H and O–H groups in total. The predicted octanol–water partition coefficient (Wildman–Crippen LogP) is 1.68. The van der Waals surface area contributed by atoms with Gasteiger partial charge in [0.05, 0.1) is 6.42 Å². The Morgan fingerprint density at radius 2 is 2.12 bits per heavy atom. The third-order valence-corrected chi connectivity index (χ3v) is 3.36. The van der Waals surface area contributed by atoms with Crippen molar-refractivity contribution in [1.82, 2.24) is 10.2 Å². The van der Waals surface area contributed by atoms with Crippen LogP contribution in [-0.2, 0) is 4.79 Å². The maximum absolute atomic E-state index is 11.9. The van der Waals surface area contributed by atoms with E-state index in [0.717, 1.165) is 12.8 Å². The molecule has 1 saturated carbocycles. The zero-order valence-corrected chi connectivity index (χ0v) is 10.8. The van der Waals surface area contributed by atoms with Crippen LogP contribution >= 0.6 is 0 Å². The first-order valence-corrected chi connectivity index (χ1v) is 6.28. The molecule has 3 unspecified atom stereocenters. The Morgan fingerprint density at radius 1 is 1.47 bits per heavy atom. The van der Waals surface area contributed by atoms with E-state index >= 15 is 0 Å². The van der Waals surface area contributed by atoms with Gasteiger partial charge in [0.15, 0.2) is 0 Å². The lowest BCUT2D eigenvalue weighted by atomic mass is 10.2. The lowest BCUT2D eigenvalue weighted by Gasteiger charge is -2.27. The van der Waals surface area contributed by atoms with Gasteiger partial charge in [0, 0.05) is 18.6 Å². The molecule has 0 radical (unpaired) electrons. The Morgan fingerprint density at radius 3 is 2.53 bits per heavy atom. The number of aliphatic carboxylic acids is 1. The van der Waals surface area contributed by atoms with E-state index in [-0.39, 0.29) is 18.5 Å². The molecule has 5 heteroatoms. The third-order valence-electron chi connectivity index (χ3n) is 3.36. The average molecular weight is 242 g/mol. The number of carboxylic acids is 1. The fourth-order valence-electron chi connectivity index (χ4n) is 2.14. The minimum Gasteiger partial charge on any atom is -0.481 e. The molecule has 1 fully saturated rings. The molecule has 0 heterocycles. The first-order chi connectivity index (χ1) is 7.99. The summed E-state index contributed by atoms with van der Waals surface area (Å²) in [6, 6.07) is -0.114. The van der Waals surface area contributed by atoms with Gasteiger partial charge in [-0.3, -0.25) is 4.79 Å². The van der Waals surface area contributed by atoms with E-state index < -0.39 is 5.97 Å². The zero-order valence-electron chi connectivity index (χ0n) is 10.8. The fraction of sp³-hybridized carbons (Fsp3) is 0.833. The lowest BCUT2D eigenvalue weighted by molar-refractivity contribution is -0.138. The van der Waals surface area contributed by atoms with Crippen LogP contribution in [0.5, 0.6) is 0 Å². The van der Waals surface area contributed by atoms with Crippen molar-refractivity contribution in [3.63, 3.8) is 0 Å². The number of carboxylic acid groups (broad SMARTS) is 1. The summed E-state index contributed by atoms with van der Waals surface area (Å²) in [5.41, 5.74) is 0. The van der Waals surface area contributed by atoms with Crippen molar-refractivity contribution < 1.29 is 14.7 Å². The molecule has 0 aromatic heterocycles. The average Bonchev–Trinajstić information content (AvgIpc) is 2.96. The predicted molar refractivity (Wildman–Crippen MR) is 64.8 cm³/mol. The van der Waals surface area contributed by atoms with Crippen molar-refractivity contribution in [2.45, 2.75) is 52.1 Å². The molecule has 17 heavy (non-hydrogen) atoms. The summed E-state index contributed by atoms with van der Waals surface area (Å²) in [5, 5.41) is 11.7.